The molecule has 3 nitrogen and oxygen atoms in total. The normalized spacial score (nSPS) is 10.2. The first-order chi connectivity index (χ1) is 7.56. The van der Waals surface area contributed by atoms with E-state index in [-0.39, 0.29) is 5.91 Å². The highest BCUT2D eigenvalue weighted by Crippen LogP contribution is 2.20. The van der Waals surface area contributed by atoms with Crippen LogP contribution in [0.15, 0.2) is 22.7 Å². The zero-order chi connectivity index (χ0) is 12.1. The fraction of sp³-hybridized carbons (Fsp3) is 0.364. The smallest absolute Gasteiger partial charge is 0.254 e. The maximum Gasteiger partial charge on any atom is 0.254 e. The second-order valence-electron chi connectivity index (χ2n) is 3.49. The molecule has 0 atom stereocenters. The van der Waals surface area contributed by atoms with Crippen molar-refractivity contribution in [2.75, 3.05) is 20.1 Å². The Balaban J connectivity index is 2.83. The van der Waals surface area contributed by atoms with Crippen LogP contribution in [-0.4, -0.2) is 30.9 Å². The highest BCUT2D eigenvalue weighted by Gasteiger charge is 2.14. The molecule has 0 fully saturated rings. The molecule has 88 valence electrons. The topological polar surface area (TPSA) is 46.3 Å². The molecule has 0 aliphatic carbocycles. The van der Waals surface area contributed by atoms with Crippen LogP contribution in [0.1, 0.15) is 16.8 Å². The summed E-state index contributed by atoms with van der Waals surface area (Å²) in [6.45, 7) is 1.29. The van der Waals surface area contributed by atoms with Gasteiger partial charge in [0, 0.05) is 21.6 Å². The first kappa shape index (κ1) is 13.9. The lowest BCUT2D eigenvalue weighted by molar-refractivity contribution is 0.0793. The zero-order valence-corrected chi connectivity index (χ0v) is 12.8. The van der Waals surface area contributed by atoms with Crippen LogP contribution in [0.25, 0.3) is 0 Å². The van der Waals surface area contributed by atoms with E-state index in [4.69, 9.17) is 5.73 Å². The van der Waals surface area contributed by atoms with Gasteiger partial charge in [0.2, 0.25) is 0 Å². The van der Waals surface area contributed by atoms with Crippen LogP contribution in [-0.2, 0) is 0 Å². The second-order valence-corrected chi connectivity index (χ2v) is 5.59. The van der Waals surface area contributed by atoms with Crippen molar-refractivity contribution in [3.8, 4) is 0 Å². The molecule has 0 saturated carbocycles. The minimum atomic E-state index is 0.0267. The van der Waals surface area contributed by atoms with E-state index in [2.05, 4.69) is 38.5 Å². The summed E-state index contributed by atoms with van der Waals surface area (Å²) in [6, 6.07) is 5.74. The van der Waals surface area contributed by atoms with E-state index in [1.807, 2.05) is 18.2 Å². The Morgan fingerprint density at radius 3 is 2.88 bits per heavy atom. The Hall–Kier alpha value is -0.140. The van der Waals surface area contributed by atoms with Gasteiger partial charge in [-0.2, -0.15) is 0 Å². The molecular formula is C11H14BrIN2O. The molecule has 0 aromatic heterocycles. The molecule has 0 saturated heterocycles. The van der Waals surface area contributed by atoms with Crippen LogP contribution in [0.2, 0.25) is 0 Å². The number of hydrogen-bond acceptors (Lipinski definition) is 2. The van der Waals surface area contributed by atoms with Crippen molar-refractivity contribution in [3.63, 3.8) is 0 Å². The molecule has 0 heterocycles. The Bertz CT molecular complexity index is 384. The van der Waals surface area contributed by atoms with Crippen LogP contribution in [0, 0.1) is 3.57 Å². The third-order valence-corrected chi connectivity index (χ3v) is 3.57. The van der Waals surface area contributed by atoms with E-state index in [1.54, 1.807) is 11.9 Å². The molecule has 1 aromatic rings. The van der Waals surface area contributed by atoms with Gasteiger partial charge in [0.25, 0.3) is 5.91 Å². The third-order valence-electron chi connectivity index (χ3n) is 2.20. The maximum atomic E-state index is 12.1. The lowest BCUT2D eigenvalue weighted by Gasteiger charge is -2.17. The van der Waals surface area contributed by atoms with Gasteiger partial charge in [-0.05, 0) is 69.7 Å². The van der Waals surface area contributed by atoms with E-state index in [0.717, 1.165) is 14.5 Å². The zero-order valence-electron chi connectivity index (χ0n) is 9.04. The number of amides is 1. The third kappa shape index (κ3) is 3.71. The number of carbonyl (C=O) groups excluding carboxylic acids is 1. The second kappa shape index (κ2) is 6.56. The predicted molar refractivity (Wildman–Crippen MR) is 77.5 cm³/mol. The molecule has 1 amide bonds. The van der Waals surface area contributed by atoms with E-state index in [0.29, 0.717) is 18.7 Å². The largest absolute Gasteiger partial charge is 0.342 e. The van der Waals surface area contributed by atoms with E-state index >= 15 is 0 Å². The van der Waals surface area contributed by atoms with Gasteiger partial charge in [-0.15, -0.1) is 0 Å². The molecule has 0 radical (unpaired) electrons. The van der Waals surface area contributed by atoms with Crippen LogP contribution in [0.3, 0.4) is 0 Å². The molecule has 2 N–H and O–H groups in total. The minimum absolute atomic E-state index is 0.0267. The monoisotopic (exact) mass is 396 g/mol. The van der Waals surface area contributed by atoms with Crippen LogP contribution in [0.4, 0.5) is 0 Å². The van der Waals surface area contributed by atoms with Gasteiger partial charge < -0.3 is 10.6 Å². The first-order valence-corrected chi connectivity index (χ1v) is 6.84. The molecule has 0 aliphatic rings. The van der Waals surface area contributed by atoms with Gasteiger partial charge in [-0.3, -0.25) is 4.79 Å². The average Bonchev–Trinajstić information content (AvgIpc) is 2.28. The first-order valence-electron chi connectivity index (χ1n) is 4.97. The molecule has 1 rings (SSSR count). The number of nitrogens with two attached hydrogens (primary N) is 1. The fourth-order valence-corrected chi connectivity index (χ4v) is 2.20. The standard InChI is InChI=1S/C11H14BrIN2O/c1-15(6-2-5-14)11(16)9-7-8(13)3-4-10(9)12/h3-4,7H,2,5-6,14H2,1H3. The summed E-state index contributed by atoms with van der Waals surface area (Å²) in [6.07, 6.45) is 0.823. The Labute approximate surface area is 118 Å². The summed E-state index contributed by atoms with van der Waals surface area (Å²) in [5.41, 5.74) is 6.12. The summed E-state index contributed by atoms with van der Waals surface area (Å²) in [7, 11) is 1.80. The van der Waals surface area contributed by atoms with E-state index in [9.17, 15) is 4.79 Å². The summed E-state index contributed by atoms with van der Waals surface area (Å²) >= 11 is 5.59. The highest BCUT2D eigenvalue weighted by atomic mass is 127. The van der Waals surface area contributed by atoms with Gasteiger partial charge in [0.15, 0.2) is 0 Å². The quantitative estimate of drug-likeness (QED) is 0.794. The van der Waals surface area contributed by atoms with Crippen LogP contribution >= 0.6 is 38.5 Å². The van der Waals surface area contributed by atoms with Crippen molar-refractivity contribution >= 4 is 44.4 Å². The molecular weight excluding hydrogens is 383 g/mol. The van der Waals surface area contributed by atoms with Gasteiger partial charge in [-0.1, -0.05) is 0 Å². The number of halogens is 2. The van der Waals surface area contributed by atoms with Crippen LogP contribution in [0.5, 0.6) is 0 Å². The SMILES string of the molecule is CN(CCCN)C(=O)c1cc(I)ccc1Br. The van der Waals surface area contributed by atoms with Crippen molar-refractivity contribution in [2.45, 2.75) is 6.42 Å². The number of nitrogens with zero attached hydrogens (tertiary/aromatic N) is 1. The van der Waals surface area contributed by atoms with Crippen molar-refractivity contribution in [2.24, 2.45) is 5.73 Å². The maximum absolute atomic E-state index is 12.1. The molecule has 0 bridgehead atoms. The number of carbonyl (C=O) groups is 1. The summed E-state index contributed by atoms with van der Waals surface area (Å²) in [4.78, 5) is 13.8. The van der Waals surface area contributed by atoms with E-state index in [1.165, 1.54) is 0 Å². The number of benzene rings is 1. The van der Waals surface area contributed by atoms with Crippen LogP contribution < -0.4 is 5.73 Å². The van der Waals surface area contributed by atoms with Crippen molar-refractivity contribution in [1.29, 1.82) is 0 Å². The Morgan fingerprint density at radius 2 is 2.25 bits per heavy atom. The summed E-state index contributed by atoms with van der Waals surface area (Å²) in [5, 5.41) is 0. The van der Waals surface area contributed by atoms with E-state index < -0.39 is 0 Å². The summed E-state index contributed by atoms with van der Waals surface area (Å²) < 4.78 is 1.88. The highest BCUT2D eigenvalue weighted by molar-refractivity contribution is 14.1. The summed E-state index contributed by atoms with van der Waals surface area (Å²) in [5.74, 6) is 0.0267. The molecule has 1 aromatic carbocycles. The van der Waals surface area contributed by atoms with Gasteiger partial charge in [0.05, 0.1) is 5.56 Å². The lowest BCUT2D eigenvalue weighted by Crippen LogP contribution is -2.29. The number of rotatable bonds is 4. The molecule has 0 aliphatic heterocycles. The van der Waals surface area contributed by atoms with Crippen molar-refractivity contribution in [1.82, 2.24) is 4.90 Å². The average molecular weight is 397 g/mol. The molecule has 16 heavy (non-hydrogen) atoms. The number of hydrogen-bond donors (Lipinski definition) is 1. The van der Waals surface area contributed by atoms with Gasteiger partial charge in [0.1, 0.15) is 0 Å². The Kier molecular flexibility index (Phi) is 5.71. The fourth-order valence-electron chi connectivity index (χ4n) is 1.30. The lowest BCUT2D eigenvalue weighted by atomic mass is 10.2. The van der Waals surface area contributed by atoms with Gasteiger partial charge >= 0.3 is 0 Å². The predicted octanol–water partition coefficient (Wildman–Crippen LogP) is 2.47. The Morgan fingerprint density at radius 1 is 1.56 bits per heavy atom. The molecule has 5 heteroatoms. The van der Waals surface area contributed by atoms with Gasteiger partial charge in [-0.25, -0.2) is 0 Å². The molecule has 0 spiro atoms. The van der Waals surface area contributed by atoms with Crippen molar-refractivity contribution < 1.29 is 4.79 Å². The minimum Gasteiger partial charge on any atom is -0.342 e. The van der Waals surface area contributed by atoms with Crippen molar-refractivity contribution in [3.05, 3.63) is 31.8 Å². The molecule has 0 unspecified atom stereocenters.